The van der Waals surface area contributed by atoms with E-state index in [-0.39, 0.29) is 23.9 Å². The summed E-state index contributed by atoms with van der Waals surface area (Å²) in [5.41, 5.74) is -0.156. The van der Waals surface area contributed by atoms with E-state index < -0.39 is 11.6 Å². The second kappa shape index (κ2) is 4.79. The Balaban J connectivity index is 2.07. The SMILES string of the molecule is CN(C(=O)Cc1c(F)cccc1F)C1CNC1. The number of rotatable bonds is 3. The van der Waals surface area contributed by atoms with Gasteiger partial charge in [-0.3, -0.25) is 4.79 Å². The average molecular weight is 240 g/mol. The van der Waals surface area contributed by atoms with Gasteiger partial charge in [0.15, 0.2) is 0 Å². The molecule has 1 aromatic carbocycles. The summed E-state index contributed by atoms with van der Waals surface area (Å²) in [7, 11) is 1.66. The number of benzene rings is 1. The Morgan fingerprint density at radius 3 is 2.47 bits per heavy atom. The fraction of sp³-hybridized carbons (Fsp3) is 0.417. The zero-order valence-electron chi connectivity index (χ0n) is 9.54. The number of hydrogen-bond acceptors (Lipinski definition) is 2. The van der Waals surface area contributed by atoms with Gasteiger partial charge < -0.3 is 10.2 Å². The van der Waals surface area contributed by atoms with Crippen LogP contribution < -0.4 is 5.32 Å². The van der Waals surface area contributed by atoms with Gasteiger partial charge in [-0.2, -0.15) is 0 Å². The first-order valence-corrected chi connectivity index (χ1v) is 5.49. The molecule has 3 nitrogen and oxygen atoms in total. The van der Waals surface area contributed by atoms with Crippen molar-refractivity contribution in [1.29, 1.82) is 0 Å². The van der Waals surface area contributed by atoms with Crippen molar-refractivity contribution >= 4 is 5.91 Å². The van der Waals surface area contributed by atoms with E-state index in [4.69, 9.17) is 0 Å². The van der Waals surface area contributed by atoms with Crippen molar-refractivity contribution < 1.29 is 13.6 Å². The number of hydrogen-bond donors (Lipinski definition) is 1. The molecule has 0 bridgehead atoms. The molecule has 2 rings (SSSR count). The van der Waals surface area contributed by atoms with Crippen LogP contribution in [0.5, 0.6) is 0 Å². The molecule has 0 saturated carbocycles. The van der Waals surface area contributed by atoms with E-state index in [0.29, 0.717) is 0 Å². The van der Waals surface area contributed by atoms with Crippen LogP contribution in [0.1, 0.15) is 5.56 Å². The molecular weight excluding hydrogens is 226 g/mol. The molecule has 92 valence electrons. The molecule has 1 aliphatic rings. The third-order valence-corrected chi connectivity index (χ3v) is 3.09. The van der Waals surface area contributed by atoms with Crippen LogP contribution in [0.25, 0.3) is 0 Å². The fourth-order valence-corrected chi connectivity index (χ4v) is 1.73. The van der Waals surface area contributed by atoms with Crippen molar-refractivity contribution in [3.8, 4) is 0 Å². The highest BCUT2D eigenvalue weighted by Gasteiger charge is 2.26. The van der Waals surface area contributed by atoms with Crippen LogP contribution in [-0.4, -0.2) is 37.0 Å². The van der Waals surface area contributed by atoms with Crippen molar-refractivity contribution in [2.75, 3.05) is 20.1 Å². The molecule has 5 heteroatoms. The predicted octanol–water partition coefficient (Wildman–Crippen LogP) is 0.937. The molecule has 0 aromatic heterocycles. The van der Waals surface area contributed by atoms with Gasteiger partial charge in [-0.05, 0) is 12.1 Å². The van der Waals surface area contributed by atoms with E-state index in [9.17, 15) is 13.6 Å². The molecule has 0 unspecified atom stereocenters. The summed E-state index contributed by atoms with van der Waals surface area (Å²) < 4.78 is 26.7. The lowest BCUT2D eigenvalue weighted by Gasteiger charge is -2.35. The molecule has 1 N–H and O–H groups in total. The van der Waals surface area contributed by atoms with E-state index in [1.807, 2.05) is 0 Å². The lowest BCUT2D eigenvalue weighted by Crippen LogP contribution is -2.57. The molecule has 0 spiro atoms. The molecule has 1 saturated heterocycles. The van der Waals surface area contributed by atoms with Crippen LogP contribution in [-0.2, 0) is 11.2 Å². The van der Waals surface area contributed by atoms with Gasteiger partial charge in [0.2, 0.25) is 5.91 Å². The first kappa shape index (κ1) is 12.0. The molecule has 1 fully saturated rings. The summed E-state index contributed by atoms with van der Waals surface area (Å²) in [5, 5.41) is 3.04. The van der Waals surface area contributed by atoms with Crippen molar-refractivity contribution in [3.63, 3.8) is 0 Å². The van der Waals surface area contributed by atoms with Gasteiger partial charge in [0, 0.05) is 25.7 Å². The number of likely N-dealkylation sites (N-methyl/N-ethyl adjacent to an activating group) is 1. The van der Waals surface area contributed by atoms with Gasteiger partial charge in [0.05, 0.1) is 12.5 Å². The monoisotopic (exact) mass is 240 g/mol. The Labute approximate surface area is 98.4 Å². The lowest BCUT2D eigenvalue weighted by molar-refractivity contribution is -0.132. The Kier molecular flexibility index (Phi) is 3.38. The third kappa shape index (κ3) is 2.44. The summed E-state index contributed by atoms with van der Waals surface area (Å²) in [6, 6.07) is 3.75. The van der Waals surface area contributed by atoms with E-state index >= 15 is 0 Å². The summed E-state index contributed by atoms with van der Waals surface area (Å²) >= 11 is 0. The highest BCUT2D eigenvalue weighted by molar-refractivity contribution is 5.79. The Bertz CT molecular complexity index is 412. The summed E-state index contributed by atoms with van der Waals surface area (Å²) in [6.07, 6.45) is -0.231. The first-order chi connectivity index (χ1) is 8.09. The molecule has 0 radical (unpaired) electrons. The zero-order chi connectivity index (χ0) is 12.4. The second-order valence-corrected chi connectivity index (χ2v) is 4.19. The maximum absolute atomic E-state index is 13.3. The number of amides is 1. The van der Waals surface area contributed by atoms with E-state index in [1.54, 1.807) is 11.9 Å². The van der Waals surface area contributed by atoms with Gasteiger partial charge in [0.25, 0.3) is 0 Å². The Morgan fingerprint density at radius 1 is 1.41 bits per heavy atom. The van der Waals surface area contributed by atoms with Crippen LogP contribution in [0.2, 0.25) is 0 Å². The van der Waals surface area contributed by atoms with Gasteiger partial charge >= 0.3 is 0 Å². The van der Waals surface area contributed by atoms with Crippen molar-refractivity contribution in [2.45, 2.75) is 12.5 Å². The van der Waals surface area contributed by atoms with Crippen LogP contribution >= 0.6 is 0 Å². The van der Waals surface area contributed by atoms with Crippen LogP contribution in [0, 0.1) is 11.6 Å². The Hall–Kier alpha value is -1.49. The van der Waals surface area contributed by atoms with Crippen molar-refractivity contribution in [3.05, 3.63) is 35.4 Å². The summed E-state index contributed by atoms with van der Waals surface area (Å²) in [4.78, 5) is 13.4. The zero-order valence-corrected chi connectivity index (χ0v) is 9.54. The standard InChI is InChI=1S/C12H14F2N2O/c1-16(8-6-15-7-8)12(17)5-9-10(13)3-2-4-11(9)14/h2-4,8,15H,5-7H2,1H3. The minimum Gasteiger partial charge on any atom is -0.340 e. The number of carbonyl (C=O) groups is 1. The average Bonchev–Trinajstić information content (AvgIpc) is 2.21. The number of carbonyl (C=O) groups excluding carboxylic acids is 1. The van der Waals surface area contributed by atoms with Gasteiger partial charge in [-0.1, -0.05) is 6.07 Å². The second-order valence-electron chi connectivity index (χ2n) is 4.19. The minimum absolute atomic E-state index is 0.136. The maximum atomic E-state index is 13.3. The van der Waals surface area contributed by atoms with Crippen molar-refractivity contribution in [1.82, 2.24) is 10.2 Å². The lowest BCUT2D eigenvalue weighted by atomic mass is 10.1. The number of nitrogens with one attached hydrogen (secondary N) is 1. The van der Waals surface area contributed by atoms with Crippen molar-refractivity contribution in [2.24, 2.45) is 0 Å². The molecular formula is C12H14F2N2O. The molecule has 1 heterocycles. The molecule has 1 aliphatic heterocycles. The minimum atomic E-state index is -0.668. The molecule has 1 aromatic rings. The fourth-order valence-electron chi connectivity index (χ4n) is 1.73. The van der Waals surface area contributed by atoms with Crippen LogP contribution in [0.3, 0.4) is 0 Å². The van der Waals surface area contributed by atoms with E-state index in [0.717, 1.165) is 25.2 Å². The van der Waals surface area contributed by atoms with Gasteiger partial charge in [0.1, 0.15) is 11.6 Å². The molecule has 1 amide bonds. The van der Waals surface area contributed by atoms with Crippen LogP contribution in [0.15, 0.2) is 18.2 Å². The quantitative estimate of drug-likeness (QED) is 0.852. The topological polar surface area (TPSA) is 32.3 Å². The number of nitrogens with zero attached hydrogens (tertiary/aromatic N) is 1. The van der Waals surface area contributed by atoms with E-state index in [2.05, 4.69) is 5.32 Å². The third-order valence-electron chi connectivity index (χ3n) is 3.09. The molecule has 17 heavy (non-hydrogen) atoms. The summed E-state index contributed by atoms with van der Waals surface area (Å²) in [6.45, 7) is 1.48. The largest absolute Gasteiger partial charge is 0.340 e. The Morgan fingerprint density at radius 2 is 2.00 bits per heavy atom. The highest BCUT2D eigenvalue weighted by Crippen LogP contribution is 2.14. The van der Waals surface area contributed by atoms with Crippen LogP contribution in [0.4, 0.5) is 8.78 Å². The summed E-state index contributed by atoms with van der Waals surface area (Å²) in [5.74, 6) is -1.60. The van der Waals surface area contributed by atoms with Gasteiger partial charge in [-0.25, -0.2) is 8.78 Å². The first-order valence-electron chi connectivity index (χ1n) is 5.49. The molecule has 0 atom stereocenters. The normalized spacial score (nSPS) is 15.5. The van der Waals surface area contributed by atoms with E-state index in [1.165, 1.54) is 6.07 Å². The van der Waals surface area contributed by atoms with Gasteiger partial charge in [-0.15, -0.1) is 0 Å². The number of halogens is 2. The predicted molar refractivity (Wildman–Crippen MR) is 59.5 cm³/mol. The smallest absolute Gasteiger partial charge is 0.227 e. The molecule has 0 aliphatic carbocycles. The highest BCUT2D eigenvalue weighted by atomic mass is 19.1. The maximum Gasteiger partial charge on any atom is 0.227 e.